The standard InChI is InChI=1S/C20H22ClFN6S/c21-18-13(22)2-1-3-15(18)29-17-11-25-16(10-26-17)28-8-5-20(6-9-28)12-27-14(4-7-23)19(20)24/h1-4,7,10-11,19H,5-6,8-9,12,23-24H2/b7-4-/t19-/m1/s1. The second-order valence-electron chi connectivity index (χ2n) is 7.29. The van der Waals surface area contributed by atoms with E-state index >= 15 is 0 Å². The van der Waals surface area contributed by atoms with Gasteiger partial charge < -0.3 is 16.4 Å². The second kappa shape index (κ2) is 8.30. The number of hydrogen-bond donors (Lipinski definition) is 2. The minimum absolute atomic E-state index is 0.00267. The first-order chi connectivity index (χ1) is 14.0. The van der Waals surface area contributed by atoms with Crippen molar-refractivity contribution in [3.05, 3.63) is 53.7 Å². The van der Waals surface area contributed by atoms with Crippen molar-refractivity contribution in [2.45, 2.75) is 28.8 Å². The third kappa shape index (κ3) is 3.97. The van der Waals surface area contributed by atoms with Gasteiger partial charge in [0.25, 0.3) is 0 Å². The van der Waals surface area contributed by atoms with Crippen LogP contribution in [-0.4, -0.2) is 41.4 Å². The van der Waals surface area contributed by atoms with E-state index in [-0.39, 0.29) is 16.5 Å². The molecular weight excluding hydrogens is 411 g/mol. The van der Waals surface area contributed by atoms with Crippen LogP contribution in [0.4, 0.5) is 10.2 Å². The van der Waals surface area contributed by atoms with Crippen LogP contribution in [-0.2, 0) is 0 Å². The van der Waals surface area contributed by atoms with E-state index in [1.807, 2.05) is 0 Å². The van der Waals surface area contributed by atoms with E-state index in [0.717, 1.165) is 44.0 Å². The van der Waals surface area contributed by atoms with E-state index in [1.165, 1.54) is 24.0 Å². The molecular formula is C20H22ClFN6S. The van der Waals surface area contributed by atoms with Crippen LogP contribution in [0.2, 0.25) is 5.02 Å². The number of nitrogens with two attached hydrogens (primary N) is 2. The van der Waals surface area contributed by atoms with Gasteiger partial charge in [0, 0.05) is 29.9 Å². The van der Waals surface area contributed by atoms with E-state index in [2.05, 4.69) is 19.9 Å². The van der Waals surface area contributed by atoms with Crippen molar-refractivity contribution in [2.75, 3.05) is 24.5 Å². The lowest BCUT2D eigenvalue weighted by atomic mass is 9.73. The van der Waals surface area contributed by atoms with E-state index in [0.29, 0.717) is 9.92 Å². The zero-order valence-corrected chi connectivity index (χ0v) is 17.3. The van der Waals surface area contributed by atoms with Crippen molar-refractivity contribution < 1.29 is 4.39 Å². The number of hydrogen-bond acceptors (Lipinski definition) is 7. The quantitative estimate of drug-likeness (QED) is 0.770. The van der Waals surface area contributed by atoms with Crippen molar-refractivity contribution in [2.24, 2.45) is 21.9 Å². The minimum atomic E-state index is -0.442. The first-order valence-corrected chi connectivity index (χ1v) is 10.6. The highest BCUT2D eigenvalue weighted by Crippen LogP contribution is 2.40. The minimum Gasteiger partial charge on any atom is -0.405 e. The predicted molar refractivity (Wildman–Crippen MR) is 115 cm³/mol. The van der Waals surface area contributed by atoms with E-state index in [9.17, 15) is 4.39 Å². The van der Waals surface area contributed by atoms with Crippen molar-refractivity contribution in [3.63, 3.8) is 0 Å². The van der Waals surface area contributed by atoms with Gasteiger partial charge in [-0.15, -0.1) is 0 Å². The van der Waals surface area contributed by atoms with Gasteiger partial charge in [0.1, 0.15) is 16.7 Å². The molecule has 0 bridgehead atoms. The van der Waals surface area contributed by atoms with Crippen LogP contribution in [0.25, 0.3) is 0 Å². The fraction of sp³-hybridized carbons (Fsp3) is 0.350. The Kier molecular flexibility index (Phi) is 5.76. The van der Waals surface area contributed by atoms with Crippen LogP contribution >= 0.6 is 23.4 Å². The number of rotatable bonds is 4. The lowest BCUT2D eigenvalue weighted by Gasteiger charge is -2.41. The molecule has 2 aromatic rings. The molecule has 0 unspecified atom stereocenters. The van der Waals surface area contributed by atoms with Gasteiger partial charge >= 0.3 is 0 Å². The number of piperidine rings is 1. The first-order valence-electron chi connectivity index (χ1n) is 9.39. The fourth-order valence-electron chi connectivity index (χ4n) is 3.87. The van der Waals surface area contributed by atoms with Gasteiger partial charge in [-0.05, 0) is 37.3 Å². The van der Waals surface area contributed by atoms with Gasteiger partial charge in [-0.3, -0.25) is 4.99 Å². The fourth-order valence-corrected chi connectivity index (χ4v) is 4.88. The molecule has 2 aliphatic heterocycles. The SMILES string of the molecule is N/C=C\C1=NCC2(CCN(c3cnc(Sc4cccc(F)c4Cl)cn3)CC2)[C@@H]1N. The van der Waals surface area contributed by atoms with Crippen molar-refractivity contribution in [3.8, 4) is 0 Å². The Labute approximate surface area is 178 Å². The molecule has 3 heterocycles. The molecule has 6 nitrogen and oxygen atoms in total. The van der Waals surface area contributed by atoms with Crippen LogP contribution in [0.15, 0.2) is 57.8 Å². The average molecular weight is 433 g/mol. The molecule has 0 saturated carbocycles. The molecule has 4 rings (SSSR count). The Hall–Kier alpha value is -2.16. The van der Waals surface area contributed by atoms with Crippen LogP contribution < -0.4 is 16.4 Å². The number of benzene rings is 1. The summed E-state index contributed by atoms with van der Waals surface area (Å²) in [5, 5.41) is 0.767. The highest BCUT2D eigenvalue weighted by Gasteiger charge is 2.45. The Morgan fingerprint density at radius 3 is 2.72 bits per heavy atom. The van der Waals surface area contributed by atoms with Crippen LogP contribution in [0, 0.1) is 11.2 Å². The molecule has 29 heavy (non-hydrogen) atoms. The second-order valence-corrected chi connectivity index (χ2v) is 8.73. The van der Waals surface area contributed by atoms with Crippen molar-refractivity contribution >= 4 is 34.9 Å². The maximum absolute atomic E-state index is 13.6. The summed E-state index contributed by atoms with van der Waals surface area (Å²) in [5.41, 5.74) is 12.8. The number of nitrogens with zero attached hydrogens (tertiary/aromatic N) is 4. The Balaban J connectivity index is 1.39. The van der Waals surface area contributed by atoms with Crippen LogP contribution in [0.3, 0.4) is 0 Å². The van der Waals surface area contributed by atoms with Crippen molar-refractivity contribution in [1.82, 2.24) is 9.97 Å². The number of halogens is 2. The number of aromatic nitrogens is 2. The number of aliphatic imine (C=N–C) groups is 1. The molecule has 152 valence electrons. The van der Waals surface area contributed by atoms with Crippen LogP contribution in [0.1, 0.15) is 12.8 Å². The third-order valence-corrected chi connectivity index (χ3v) is 7.13. The normalized spacial score (nSPS) is 21.1. The van der Waals surface area contributed by atoms with Crippen LogP contribution in [0.5, 0.6) is 0 Å². The number of anilines is 1. The van der Waals surface area contributed by atoms with Gasteiger partial charge in [0.2, 0.25) is 0 Å². The maximum atomic E-state index is 13.6. The lowest BCUT2D eigenvalue weighted by Crippen LogP contribution is -2.51. The monoisotopic (exact) mass is 432 g/mol. The summed E-state index contributed by atoms with van der Waals surface area (Å²) < 4.78 is 13.6. The third-order valence-electron chi connectivity index (χ3n) is 5.65. The smallest absolute Gasteiger partial charge is 0.147 e. The Morgan fingerprint density at radius 2 is 2.03 bits per heavy atom. The van der Waals surface area contributed by atoms with Crippen molar-refractivity contribution in [1.29, 1.82) is 0 Å². The van der Waals surface area contributed by atoms with E-state index in [1.54, 1.807) is 30.6 Å². The molecule has 0 aliphatic carbocycles. The summed E-state index contributed by atoms with van der Waals surface area (Å²) in [6.07, 6.45) is 8.63. The summed E-state index contributed by atoms with van der Waals surface area (Å²) in [6, 6.07) is 4.64. The van der Waals surface area contributed by atoms with E-state index < -0.39 is 5.82 Å². The van der Waals surface area contributed by atoms with Gasteiger partial charge in [-0.1, -0.05) is 29.4 Å². The predicted octanol–water partition coefficient (Wildman–Crippen LogP) is 3.26. The van der Waals surface area contributed by atoms with Gasteiger partial charge in [-0.2, -0.15) is 0 Å². The highest BCUT2D eigenvalue weighted by atomic mass is 35.5. The first kappa shape index (κ1) is 20.1. The van der Waals surface area contributed by atoms with E-state index in [4.69, 9.17) is 23.1 Å². The summed E-state index contributed by atoms with van der Waals surface area (Å²) in [6.45, 7) is 2.44. The molecule has 0 radical (unpaired) electrons. The molecule has 1 atom stereocenters. The summed E-state index contributed by atoms with van der Waals surface area (Å²) in [7, 11) is 0. The summed E-state index contributed by atoms with van der Waals surface area (Å²) in [4.78, 5) is 16.4. The molecule has 1 fully saturated rings. The molecule has 1 aromatic heterocycles. The summed E-state index contributed by atoms with van der Waals surface area (Å²) >= 11 is 7.31. The average Bonchev–Trinajstić information content (AvgIpc) is 3.03. The Morgan fingerprint density at radius 1 is 1.24 bits per heavy atom. The molecule has 9 heteroatoms. The maximum Gasteiger partial charge on any atom is 0.147 e. The topological polar surface area (TPSA) is 93.4 Å². The van der Waals surface area contributed by atoms with Gasteiger partial charge in [0.15, 0.2) is 0 Å². The van der Waals surface area contributed by atoms with Gasteiger partial charge in [-0.25, -0.2) is 14.4 Å². The molecule has 4 N–H and O–H groups in total. The molecule has 1 saturated heterocycles. The van der Waals surface area contributed by atoms with Gasteiger partial charge in [0.05, 0.1) is 29.2 Å². The zero-order chi connectivity index (χ0) is 20.4. The molecule has 1 aromatic carbocycles. The molecule has 2 aliphatic rings. The largest absolute Gasteiger partial charge is 0.405 e. The molecule has 1 spiro atoms. The lowest BCUT2D eigenvalue weighted by molar-refractivity contribution is 0.227. The zero-order valence-electron chi connectivity index (χ0n) is 15.8. The Bertz CT molecular complexity index is 940. The molecule has 0 amide bonds. The highest BCUT2D eigenvalue weighted by molar-refractivity contribution is 7.99. The summed E-state index contributed by atoms with van der Waals surface area (Å²) in [5.74, 6) is 0.381.